The monoisotopic (exact) mass is 145 g/mol. The van der Waals surface area contributed by atoms with Crippen LogP contribution in [0.25, 0.3) is 6.08 Å². The first-order chi connectivity index (χ1) is 5.36. The quantitative estimate of drug-likeness (QED) is 0.597. The van der Waals surface area contributed by atoms with Crippen molar-refractivity contribution in [3.63, 3.8) is 0 Å². The molecular formula is C9H7NO. The molecule has 0 fully saturated rings. The van der Waals surface area contributed by atoms with Gasteiger partial charge in [0.25, 0.3) is 6.26 Å². The van der Waals surface area contributed by atoms with Crippen molar-refractivity contribution in [2.24, 2.45) is 0 Å². The summed E-state index contributed by atoms with van der Waals surface area (Å²) in [5.41, 5.74) is 1.01. The Morgan fingerprint density at radius 2 is 2.00 bits per heavy atom. The summed E-state index contributed by atoms with van der Waals surface area (Å²) in [6, 6.07) is 7.11. The summed E-state index contributed by atoms with van der Waals surface area (Å²) in [6.45, 7) is 3.60. The average Bonchev–Trinajstić information content (AvgIpc) is 2.07. The maximum atomic E-state index is 8.15. The molecule has 1 rings (SSSR count). The van der Waals surface area contributed by atoms with Gasteiger partial charge in [-0.15, -0.1) is 5.26 Å². The number of hydrogen-bond acceptors (Lipinski definition) is 2. The summed E-state index contributed by atoms with van der Waals surface area (Å²) < 4.78 is 4.58. The van der Waals surface area contributed by atoms with Crippen LogP contribution in [0.4, 0.5) is 0 Å². The Morgan fingerprint density at radius 1 is 1.36 bits per heavy atom. The minimum atomic E-state index is 0.554. The largest absolute Gasteiger partial charge is 0.388 e. The van der Waals surface area contributed by atoms with Crippen LogP contribution in [-0.2, 0) is 0 Å². The van der Waals surface area contributed by atoms with Crippen LogP contribution in [0.15, 0.2) is 30.8 Å². The van der Waals surface area contributed by atoms with E-state index in [9.17, 15) is 0 Å². The molecule has 1 aromatic carbocycles. The van der Waals surface area contributed by atoms with Crippen LogP contribution < -0.4 is 4.74 Å². The molecule has 0 aromatic heterocycles. The highest BCUT2D eigenvalue weighted by atomic mass is 16.5. The van der Waals surface area contributed by atoms with Crippen molar-refractivity contribution in [3.8, 4) is 12.0 Å². The van der Waals surface area contributed by atoms with Crippen LogP contribution in [-0.4, -0.2) is 0 Å². The zero-order valence-electron chi connectivity index (χ0n) is 5.95. The number of hydrogen-bond donors (Lipinski definition) is 0. The van der Waals surface area contributed by atoms with Gasteiger partial charge in [-0.1, -0.05) is 24.8 Å². The van der Waals surface area contributed by atoms with Crippen molar-refractivity contribution < 1.29 is 4.74 Å². The number of nitriles is 1. The van der Waals surface area contributed by atoms with E-state index in [1.807, 2.05) is 12.1 Å². The lowest BCUT2D eigenvalue weighted by molar-refractivity contribution is 0.507. The number of rotatable bonds is 2. The molecule has 0 aliphatic rings. The minimum Gasteiger partial charge on any atom is -0.388 e. The molecule has 2 heteroatoms. The fourth-order valence-electron chi connectivity index (χ4n) is 0.725. The summed E-state index contributed by atoms with van der Waals surface area (Å²) in [7, 11) is 0. The van der Waals surface area contributed by atoms with Crippen LogP contribution in [0.1, 0.15) is 5.56 Å². The maximum absolute atomic E-state index is 8.15. The molecular weight excluding hydrogens is 138 g/mol. The molecule has 0 N–H and O–H groups in total. The van der Waals surface area contributed by atoms with Crippen LogP contribution in [0, 0.1) is 11.5 Å². The first kappa shape index (κ1) is 7.36. The Labute approximate surface area is 65.3 Å². The van der Waals surface area contributed by atoms with E-state index in [2.05, 4.69) is 11.3 Å². The number of nitrogens with zero attached hydrogens (tertiary/aromatic N) is 1. The molecule has 0 unspecified atom stereocenters. The third kappa shape index (κ3) is 1.84. The highest BCUT2D eigenvalue weighted by Gasteiger charge is 1.90. The van der Waals surface area contributed by atoms with Crippen molar-refractivity contribution in [3.05, 3.63) is 36.4 Å². The molecule has 0 radical (unpaired) electrons. The Bertz CT molecular complexity index is 281. The fraction of sp³-hybridized carbons (Fsp3) is 0. The Morgan fingerprint density at radius 3 is 2.45 bits per heavy atom. The van der Waals surface area contributed by atoms with E-state index >= 15 is 0 Å². The number of benzene rings is 1. The summed E-state index contributed by atoms with van der Waals surface area (Å²) in [5, 5.41) is 8.15. The van der Waals surface area contributed by atoms with Gasteiger partial charge in [-0.25, -0.2) is 0 Å². The zero-order chi connectivity index (χ0) is 8.10. The maximum Gasteiger partial charge on any atom is 0.292 e. The SMILES string of the molecule is C=Cc1ccc(OC#N)cc1. The van der Waals surface area contributed by atoms with Crippen molar-refractivity contribution in [2.75, 3.05) is 0 Å². The van der Waals surface area contributed by atoms with Crippen LogP contribution >= 0.6 is 0 Å². The summed E-state index contributed by atoms with van der Waals surface area (Å²) in [4.78, 5) is 0. The second-order valence-electron chi connectivity index (χ2n) is 1.97. The van der Waals surface area contributed by atoms with E-state index in [-0.39, 0.29) is 0 Å². The van der Waals surface area contributed by atoms with Gasteiger partial charge in [0, 0.05) is 0 Å². The van der Waals surface area contributed by atoms with E-state index in [0.717, 1.165) is 5.56 Å². The van der Waals surface area contributed by atoms with Gasteiger partial charge in [-0.3, -0.25) is 0 Å². The molecule has 0 heterocycles. The predicted molar refractivity (Wildman–Crippen MR) is 42.8 cm³/mol. The fourth-order valence-corrected chi connectivity index (χ4v) is 0.725. The Balaban J connectivity index is 2.84. The lowest BCUT2D eigenvalue weighted by Gasteiger charge is -1.94. The van der Waals surface area contributed by atoms with E-state index in [1.54, 1.807) is 24.5 Å². The van der Waals surface area contributed by atoms with Gasteiger partial charge in [-0.05, 0) is 17.7 Å². The summed E-state index contributed by atoms with van der Waals surface area (Å²) >= 11 is 0. The van der Waals surface area contributed by atoms with Gasteiger partial charge in [0.05, 0.1) is 0 Å². The topological polar surface area (TPSA) is 33.0 Å². The average molecular weight is 145 g/mol. The van der Waals surface area contributed by atoms with Gasteiger partial charge in [0.2, 0.25) is 0 Å². The Kier molecular flexibility index (Phi) is 2.29. The first-order valence-electron chi connectivity index (χ1n) is 3.15. The molecule has 0 bridgehead atoms. The third-order valence-corrected chi connectivity index (χ3v) is 1.28. The lowest BCUT2D eigenvalue weighted by atomic mass is 10.2. The highest BCUT2D eigenvalue weighted by Crippen LogP contribution is 2.11. The van der Waals surface area contributed by atoms with Gasteiger partial charge in [0.1, 0.15) is 5.75 Å². The van der Waals surface area contributed by atoms with Crippen molar-refractivity contribution in [2.45, 2.75) is 0 Å². The molecule has 11 heavy (non-hydrogen) atoms. The molecule has 0 aliphatic carbocycles. The molecule has 2 nitrogen and oxygen atoms in total. The number of ether oxygens (including phenoxy) is 1. The van der Waals surface area contributed by atoms with Gasteiger partial charge < -0.3 is 4.74 Å². The van der Waals surface area contributed by atoms with Gasteiger partial charge in [-0.2, -0.15) is 0 Å². The normalized spacial score (nSPS) is 8.27. The standard InChI is InChI=1S/C9H7NO/c1-2-8-3-5-9(6-4-8)11-7-10/h2-6H,1H2. The van der Waals surface area contributed by atoms with Crippen molar-refractivity contribution in [1.29, 1.82) is 5.26 Å². The predicted octanol–water partition coefficient (Wildman–Crippen LogP) is 2.19. The third-order valence-electron chi connectivity index (χ3n) is 1.28. The van der Waals surface area contributed by atoms with E-state index in [4.69, 9.17) is 5.26 Å². The van der Waals surface area contributed by atoms with Crippen molar-refractivity contribution >= 4 is 6.08 Å². The summed E-state index contributed by atoms with van der Waals surface area (Å²) in [5.74, 6) is 0.554. The van der Waals surface area contributed by atoms with Crippen LogP contribution in [0.3, 0.4) is 0 Å². The first-order valence-corrected chi connectivity index (χ1v) is 3.15. The molecule has 0 aliphatic heterocycles. The van der Waals surface area contributed by atoms with Crippen LogP contribution in [0.5, 0.6) is 5.75 Å². The smallest absolute Gasteiger partial charge is 0.292 e. The Hall–Kier alpha value is -1.75. The molecule has 0 saturated carbocycles. The lowest BCUT2D eigenvalue weighted by Crippen LogP contribution is -1.80. The van der Waals surface area contributed by atoms with E-state index in [0.29, 0.717) is 5.75 Å². The van der Waals surface area contributed by atoms with Gasteiger partial charge in [0.15, 0.2) is 0 Å². The van der Waals surface area contributed by atoms with Crippen LogP contribution in [0.2, 0.25) is 0 Å². The molecule has 0 spiro atoms. The minimum absolute atomic E-state index is 0.554. The second kappa shape index (κ2) is 3.43. The molecule has 0 saturated heterocycles. The highest BCUT2D eigenvalue weighted by molar-refractivity contribution is 5.48. The molecule has 54 valence electrons. The van der Waals surface area contributed by atoms with E-state index in [1.165, 1.54) is 0 Å². The zero-order valence-corrected chi connectivity index (χ0v) is 5.95. The van der Waals surface area contributed by atoms with Gasteiger partial charge >= 0.3 is 0 Å². The summed E-state index contributed by atoms with van der Waals surface area (Å²) in [6.07, 6.45) is 3.33. The van der Waals surface area contributed by atoms with E-state index < -0.39 is 0 Å². The molecule has 0 amide bonds. The molecule has 1 aromatic rings. The second-order valence-corrected chi connectivity index (χ2v) is 1.97. The molecule has 0 atom stereocenters. The van der Waals surface area contributed by atoms with Crippen molar-refractivity contribution in [1.82, 2.24) is 0 Å².